The number of methoxy groups -OCH3 is 1. The highest BCUT2D eigenvalue weighted by atomic mass is 35.5. The molecule has 0 aliphatic carbocycles. The van der Waals surface area contributed by atoms with Crippen LogP contribution in [0.25, 0.3) is 10.4 Å². The van der Waals surface area contributed by atoms with Gasteiger partial charge in [-0.1, -0.05) is 11.6 Å². The topological polar surface area (TPSA) is 102 Å². The Balaban J connectivity index is 1.78. The molecule has 1 saturated heterocycles. The van der Waals surface area contributed by atoms with E-state index in [9.17, 15) is 9.00 Å². The van der Waals surface area contributed by atoms with E-state index < -0.39 is 33.7 Å². The van der Waals surface area contributed by atoms with Crippen LogP contribution in [0.4, 0.5) is 4.79 Å². The van der Waals surface area contributed by atoms with Crippen molar-refractivity contribution in [1.82, 2.24) is 14.6 Å². The number of hydrogen-bond acceptors (Lipinski definition) is 8. The first kappa shape index (κ1) is 24.9. The summed E-state index contributed by atoms with van der Waals surface area (Å²) in [5.41, 5.74) is -1.62. The Bertz CT molecular complexity index is 1150. The average Bonchev–Trinajstić information content (AvgIpc) is 3.18. The molecule has 0 aromatic carbocycles. The molecule has 9 nitrogen and oxygen atoms in total. The number of ether oxygens (including phenoxy) is 3. The fourth-order valence-corrected chi connectivity index (χ4v) is 6.97. The molecule has 1 fully saturated rings. The lowest BCUT2D eigenvalue weighted by Gasteiger charge is -2.45. The minimum absolute atomic E-state index is 0.142. The molecule has 12 heteroatoms. The largest absolute Gasteiger partial charge is 0.495 e. The van der Waals surface area contributed by atoms with Gasteiger partial charge in [-0.3, -0.25) is 14.6 Å². The molecule has 3 unspecified atom stereocenters. The van der Waals surface area contributed by atoms with Crippen LogP contribution < -0.4 is 10.1 Å². The maximum Gasteiger partial charge on any atom is 0.414 e. The van der Waals surface area contributed by atoms with Crippen LogP contribution in [0.2, 0.25) is 5.02 Å². The van der Waals surface area contributed by atoms with E-state index >= 15 is 0 Å². The second kappa shape index (κ2) is 9.44. The molecule has 2 aliphatic rings. The van der Waals surface area contributed by atoms with Crippen molar-refractivity contribution < 1.29 is 23.2 Å². The van der Waals surface area contributed by atoms with E-state index in [1.54, 1.807) is 47.3 Å². The lowest BCUT2D eigenvalue weighted by Crippen LogP contribution is -2.58. The summed E-state index contributed by atoms with van der Waals surface area (Å²) in [6, 6.07) is 3.72. The molecule has 4 rings (SSSR count). The van der Waals surface area contributed by atoms with Crippen molar-refractivity contribution in [1.29, 1.82) is 0 Å². The Kier molecular flexibility index (Phi) is 6.92. The predicted octanol–water partition coefficient (Wildman–Crippen LogP) is 4.29. The van der Waals surface area contributed by atoms with Gasteiger partial charge >= 0.3 is 6.09 Å². The number of rotatable bonds is 3. The Morgan fingerprint density at radius 3 is 2.85 bits per heavy atom. The Labute approximate surface area is 210 Å². The highest BCUT2D eigenvalue weighted by molar-refractivity contribution is 7.83. The first-order chi connectivity index (χ1) is 16.0. The minimum atomic E-state index is -1.63. The van der Waals surface area contributed by atoms with E-state index in [4.69, 9.17) is 30.8 Å². The molecule has 2 aromatic rings. The van der Waals surface area contributed by atoms with Gasteiger partial charge in [0.1, 0.15) is 16.9 Å². The quantitative estimate of drug-likeness (QED) is 0.640. The smallest absolute Gasteiger partial charge is 0.414 e. The van der Waals surface area contributed by atoms with Gasteiger partial charge in [-0.15, -0.1) is 11.3 Å². The van der Waals surface area contributed by atoms with Gasteiger partial charge in [-0.05, 0) is 45.7 Å². The second-order valence-electron chi connectivity index (χ2n) is 8.97. The Hall–Kier alpha value is -2.21. The lowest BCUT2D eigenvalue weighted by atomic mass is 9.90. The number of hydrogen-bond donors (Lipinski definition) is 1. The number of amides is 1. The first-order valence-electron chi connectivity index (χ1n) is 10.7. The van der Waals surface area contributed by atoms with Gasteiger partial charge in [0.05, 0.1) is 23.2 Å². The molecular weight excluding hydrogens is 500 g/mol. The van der Waals surface area contributed by atoms with Crippen molar-refractivity contribution >= 4 is 46.0 Å². The number of carbonyl (C=O) groups is 1. The molecule has 1 N–H and O–H groups in total. The third-order valence-electron chi connectivity index (χ3n) is 5.34. The number of guanidine groups is 1. The van der Waals surface area contributed by atoms with E-state index in [-0.39, 0.29) is 5.96 Å². The molecule has 1 amide bonds. The van der Waals surface area contributed by atoms with Gasteiger partial charge in [-0.2, -0.15) is 0 Å². The fourth-order valence-electron chi connectivity index (χ4n) is 3.85. The molecule has 0 radical (unpaired) electrons. The summed E-state index contributed by atoms with van der Waals surface area (Å²) in [5, 5.41) is 3.14. The number of pyridine rings is 1. The van der Waals surface area contributed by atoms with Gasteiger partial charge in [0.25, 0.3) is 0 Å². The third kappa shape index (κ3) is 4.79. The van der Waals surface area contributed by atoms with Crippen LogP contribution in [0, 0.1) is 0 Å². The Morgan fingerprint density at radius 1 is 1.38 bits per heavy atom. The van der Waals surface area contributed by atoms with Crippen LogP contribution >= 0.6 is 22.9 Å². The molecule has 2 aliphatic heterocycles. The number of fused-ring (bicyclic) bond motifs is 1. The molecule has 184 valence electrons. The zero-order valence-electron chi connectivity index (χ0n) is 19.6. The zero-order valence-corrected chi connectivity index (χ0v) is 22.0. The van der Waals surface area contributed by atoms with Crippen molar-refractivity contribution in [2.75, 3.05) is 20.8 Å². The SMILES string of the molecule is COc1cncc(-c2cc(Cl)c(C34CCCOC3S(=O)N(C)C(NC(=O)OC(C)(C)C)=N4)s2)c1. The maximum absolute atomic E-state index is 13.5. The van der Waals surface area contributed by atoms with Gasteiger partial charge in [0.15, 0.2) is 16.4 Å². The second-order valence-corrected chi connectivity index (χ2v) is 12.0. The number of aromatic nitrogens is 1. The van der Waals surface area contributed by atoms with Crippen molar-refractivity contribution in [3.05, 3.63) is 34.4 Å². The molecule has 0 spiro atoms. The van der Waals surface area contributed by atoms with Crippen molar-refractivity contribution in [2.24, 2.45) is 4.99 Å². The van der Waals surface area contributed by atoms with Crippen LogP contribution in [0.15, 0.2) is 29.5 Å². The number of thiophene rings is 1. The summed E-state index contributed by atoms with van der Waals surface area (Å²) < 4.78 is 31.5. The number of carbonyl (C=O) groups excluding carboxylic acids is 1. The first-order valence-corrected chi connectivity index (χ1v) is 13.1. The molecular formula is C22H27ClN4O5S2. The van der Waals surface area contributed by atoms with Crippen molar-refractivity contribution in [2.45, 2.75) is 50.2 Å². The van der Waals surface area contributed by atoms with Gasteiger partial charge in [0, 0.05) is 30.3 Å². The Morgan fingerprint density at radius 2 is 2.15 bits per heavy atom. The van der Waals surface area contributed by atoms with Gasteiger partial charge in [0.2, 0.25) is 5.96 Å². The van der Waals surface area contributed by atoms with Crippen molar-refractivity contribution in [3.8, 4) is 16.2 Å². The summed E-state index contributed by atoms with van der Waals surface area (Å²) >= 11 is 8.19. The van der Waals surface area contributed by atoms with Crippen LogP contribution in [0.3, 0.4) is 0 Å². The average molecular weight is 527 g/mol. The van der Waals surface area contributed by atoms with E-state index in [2.05, 4.69) is 10.3 Å². The molecule has 0 bridgehead atoms. The summed E-state index contributed by atoms with van der Waals surface area (Å²) in [5.74, 6) is 0.770. The monoisotopic (exact) mass is 526 g/mol. The molecule has 2 aromatic heterocycles. The van der Waals surface area contributed by atoms with Crippen LogP contribution in [0.5, 0.6) is 5.75 Å². The number of aliphatic imine (C=N–C) groups is 1. The molecule has 3 atom stereocenters. The predicted molar refractivity (Wildman–Crippen MR) is 132 cm³/mol. The van der Waals surface area contributed by atoms with E-state index in [1.165, 1.54) is 15.6 Å². The number of halogens is 1. The van der Waals surface area contributed by atoms with Crippen LogP contribution in [-0.4, -0.2) is 57.4 Å². The summed E-state index contributed by atoms with van der Waals surface area (Å²) in [7, 11) is 1.54. The van der Waals surface area contributed by atoms with Crippen LogP contribution in [-0.2, 0) is 26.0 Å². The molecule has 0 saturated carbocycles. The lowest BCUT2D eigenvalue weighted by molar-refractivity contribution is 0.00653. The summed E-state index contributed by atoms with van der Waals surface area (Å²) in [4.78, 5) is 23.2. The maximum atomic E-state index is 13.5. The van der Waals surface area contributed by atoms with E-state index in [0.29, 0.717) is 30.2 Å². The van der Waals surface area contributed by atoms with Crippen LogP contribution in [0.1, 0.15) is 38.5 Å². The standard InChI is InChI=1S/C22H27ClN4O5S2/c1-21(2,3)32-20(28)25-19-26-22(7-6-8-31-18(22)34(29)27(19)4)17-15(23)10-16(33-17)13-9-14(30-5)12-24-11-13/h9-12,18H,6-8H2,1-5H3,(H,25,26,28). The summed E-state index contributed by atoms with van der Waals surface area (Å²) in [6.45, 7) is 5.77. The molecule has 34 heavy (non-hydrogen) atoms. The summed E-state index contributed by atoms with van der Waals surface area (Å²) in [6.07, 6.45) is 3.94. The number of alkyl carbamates (subject to hydrolysis) is 1. The molecule has 4 heterocycles. The van der Waals surface area contributed by atoms with E-state index in [0.717, 1.165) is 15.3 Å². The third-order valence-corrected chi connectivity index (χ3v) is 8.71. The minimum Gasteiger partial charge on any atom is -0.495 e. The zero-order chi connectivity index (χ0) is 24.7. The number of nitrogens with one attached hydrogen (secondary N) is 1. The normalized spacial score (nSPS) is 24.8. The van der Waals surface area contributed by atoms with E-state index in [1.807, 2.05) is 12.1 Å². The highest BCUT2D eigenvalue weighted by Crippen LogP contribution is 2.50. The number of nitrogens with zero attached hydrogens (tertiary/aromatic N) is 3. The van der Waals surface area contributed by atoms with Crippen molar-refractivity contribution in [3.63, 3.8) is 0 Å². The fraction of sp³-hybridized carbons (Fsp3) is 0.500. The highest BCUT2D eigenvalue weighted by Gasteiger charge is 2.54. The van der Waals surface area contributed by atoms with Gasteiger partial charge < -0.3 is 14.2 Å². The van der Waals surface area contributed by atoms with Gasteiger partial charge in [-0.25, -0.2) is 14.0 Å².